The number of Topliss-reactive ketones (excluding diaryl/α,β-unsaturated/α-hetero) is 1. The van der Waals surface area contributed by atoms with Gasteiger partial charge in [0.05, 0.1) is 5.69 Å². The minimum atomic E-state index is -0.233. The first-order valence-electron chi connectivity index (χ1n) is 6.40. The third kappa shape index (κ3) is 2.07. The molecule has 4 heteroatoms. The lowest BCUT2D eigenvalue weighted by molar-refractivity contribution is -0.121. The number of rotatable bonds is 1. The summed E-state index contributed by atoms with van der Waals surface area (Å²) in [6.45, 7) is 0. The smallest absolute Gasteiger partial charge is 0.137 e. The van der Waals surface area contributed by atoms with E-state index in [1.807, 2.05) is 6.07 Å². The molecule has 0 radical (unpaired) electrons. The molecular weight excluding hydrogens is 297 g/mol. The van der Waals surface area contributed by atoms with Gasteiger partial charge < -0.3 is 4.90 Å². The third-order valence-electron chi connectivity index (χ3n) is 3.98. The summed E-state index contributed by atoms with van der Waals surface area (Å²) in [6, 6.07) is 5.41. The van der Waals surface area contributed by atoms with Crippen molar-refractivity contribution in [3.63, 3.8) is 0 Å². The molecule has 2 fully saturated rings. The molecule has 2 bridgehead atoms. The number of halogens is 2. The molecule has 1 aromatic rings. The van der Waals surface area contributed by atoms with Gasteiger partial charge in [-0.25, -0.2) is 4.39 Å². The van der Waals surface area contributed by atoms with E-state index in [1.54, 1.807) is 0 Å². The van der Waals surface area contributed by atoms with Crippen LogP contribution in [0.2, 0.25) is 0 Å². The number of carbonyl (C=O) groups excluding carboxylic acids is 1. The van der Waals surface area contributed by atoms with E-state index in [-0.39, 0.29) is 5.82 Å². The van der Waals surface area contributed by atoms with E-state index in [9.17, 15) is 9.18 Å². The van der Waals surface area contributed by atoms with Crippen LogP contribution in [-0.4, -0.2) is 17.9 Å². The number of ketones is 1. The maximum atomic E-state index is 13.2. The van der Waals surface area contributed by atoms with Gasteiger partial charge in [-0.3, -0.25) is 4.79 Å². The van der Waals surface area contributed by atoms with Crippen LogP contribution in [0.4, 0.5) is 10.1 Å². The highest BCUT2D eigenvalue weighted by atomic mass is 79.9. The number of benzene rings is 1. The topological polar surface area (TPSA) is 20.3 Å². The molecule has 2 heterocycles. The normalized spacial score (nSPS) is 27.4. The van der Waals surface area contributed by atoms with E-state index in [2.05, 4.69) is 20.8 Å². The van der Waals surface area contributed by atoms with Crippen LogP contribution in [0.3, 0.4) is 0 Å². The van der Waals surface area contributed by atoms with Crippen LogP contribution >= 0.6 is 15.9 Å². The van der Waals surface area contributed by atoms with Crippen LogP contribution in [-0.2, 0) is 4.79 Å². The number of piperidine rings is 2. The summed E-state index contributed by atoms with van der Waals surface area (Å²) in [6.07, 6.45) is 4.59. The summed E-state index contributed by atoms with van der Waals surface area (Å²) in [5, 5.41) is 0. The lowest BCUT2D eigenvalue weighted by atomic mass is 9.83. The predicted octanol–water partition coefficient (Wildman–Crippen LogP) is 3.68. The molecule has 2 atom stereocenters. The Morgan fingerprint density at radius 1 is 1.22 bits per heavy atom. The van der Waals surface area contributed by atoms with Crippen molar-refractivity contribution in [2.45, 2.75) is 44.2 Å². The van der Waals surface area contributed by atoms with E-state index < -0.39 is 0 Å². The van der Waals surface area contributed by atoms with Crippen molar-refractivity contribution in [1.82, 2.24) is 0 Å². The quantitative estimate of drug-likeness (QED) is 0.788. The van der Waals surface area contributed by atoms with Crippen LogP contribution in [0.15, 0.2) is 22.7 Å². The van der Waals surface area contributed by atoms with Gasteiger partial charge in [-0.2, -0.15) is 0 Å². The molecule has 2 nitrogen and oxygen atoms in total. The maximum Gasteiger partial charge on any atom is 0.137 e. The molecule has 2 aliphatic heterocycles. The Morgan fingerprint density at radius 2 is 1.89 bits per heavy atom. The zero-order valence-electron chi connectivity index (χ0n) is 10.0. The lowest BCUT2D eigenvalue weighted by Gasteiger charge is -2.47. The Hall–Kier alpha value is -0.900. The molecule has 3 rings (SSSR count). The van der Waals surface area contributed by atoms with Crippen molar-refractivity contribution in [3.05, 3.63) is 28.5 Å². The van der Waals surface area contributed by atoms with Gasteiger partial charge in [-0.15, -0.1) is 0 Å². The average Bonchev–Trinajstić information content (AvgIpc) is 2.28. The lowest BCUT2D eigenvalue weighted by Crippen LogP contribution is -2.52. The Bertz CT molecular complexity index is 475. The second kappa shape index (κ2) is 4.65. The highest BCUT2D eigenvalue weighted by Gasteiger charge is 2.38. The molecule has 0 saturated carbocycles. The molecule has 2 unspecified atom stereocenters. The van der Waals surface area contributed by atoms with Crippen molar-refractivity contribution in [1.29, 1.82) is 0 Å². The second-order valence-electron chi connectivity index (χ2n) is 5.19. The van der Waals surface area contributed by atoms with Gasteiger partial charge in [0, 0.05) is 29.4 Å². The highest BCUT2D eigenvalue weighted by molar-refractivity contribution is 9.10. The van der Waals surface area contributed by atoms with Gasteiger partial charge in [-0.1, -0.05) is 0 Å². The largest absolute Gasteiger partial charge is 0.364 e. The van der Waals surface area contributed by atoms with Gasteiger partial charge >= 0.3 is 0 Å². The Morgan fingerprint density at radius 3 is 2.50 bits per heavy atom. The molecule has 96 valence electrons. The zero-order valence-corrected chi connectivity index (χ0v) is 11.6. The Balaban J connectivity index is 1.97. The van der Waals surface area contributed by atoms with E-state index in [0.717, 1.165) is 23.0 Å². The second-order valence-corrected chi connectivity index (χ2v) is 6.04. The summed E-state index contributed by atoms with van der Waals surface area (Å²) < 4.78 is 14.0. The van der Waals surface area contributed by atoms with Gasteiger partial charge in [-0.05, 0) is 53.4 Å². The van der Waals surface area contributed by atoms with Crippen LogP contribution in [0.1, 0.15) is 32.1 Å². The van der Waals surface area contributed by atoms with E-state index >= 15 is 0 Å². The minimum Gasteiger partial charge on any atom is -0.364 e. The summed E-state index contributed by atoms with van der Waals surface area (Å²) in [5.74, 6) is 0.142. The Kier molecular flexibility index (Phi) is 3.14. The van der Waals surface area contributed by atoms with Crippen molar-refractivity contribution < 1.29 is 9.18 Å². The first-order chi connectivity index (χ1) is 8.65. The predicted molar refractivity (Wildman–Crippen MR) is 72.2 cm³/mol. The molecule has 2 aliphatic rings. The maximum absolute atomic E-state index is 13.2. The van der Waals surface area contributed by atoms with Crippen molar-refractivity contribution in [2.24, 2.45) is 0 Å². The summed E-state index contributed by atoms with van der Waals surface area (Å²) in [7, 11) is 0. The average molecular weight is 312 g/mol. The number of carbonyl (C=O) groups is 1. The Labute approximate surface area is 114 Å². The number of anilines is 1. The minimum absolute atomic E-state index is 0.233. The van der Waals surface area contributed by atoms with Crippen molar-refractivity contribution >= 4 is 27.4 Å². The standard InChI is InChI=1S/C14H15BrFNO/c15-13-6-9(16)4-5-14(13)17-10-2-1-3-11(17)8-12(18)7-10/h4-6,10-11H,1-3,7-8H2. The monoisotopic (exact) mass is 311 g/mol. The van der Waals surface area contributed by atoms with Crippen LogP contribution in [0.5, 0.6) is 0 Å². The first-order valence-corrected chi connectivity index (χ1v) is 7.19. The summed E-state index contributed by atoms with van der Waals surface area (Å²) in [5.41, 5.74) is 1.03. The fraction of sp³-hybridized carbons (Fsp3) is 0.500. The highest BCUT2D eigenvalue weighted by Crippen LogP contribution is 2.39. The fourth-order valence-corrected chi connectivity index (χ4v) is 3.81. The summed E-state index contributed by atoms with van der Waals surface area (Å²) in [4.78, 5) is 14.0. The van der Waals surface area contributed by atoms with Crippen LogP contribution < -0.4 is 4.90 Å². The molecular formula is C14H15BrFNO. The van der Waals surface area contributed by atoms with Crippen LogP contribution in [0, 0.1) is 5.82 Å². The van der Waals surface area contributed by atoms with E-state index in [1.165, 1.54) is 18.6 Å². The van der Waals surface area contributed by atoms with Crippen molar-refractivity contribution in [2.75, 3.05) is 4.90 Å². The molecule has 0 aliphatic carbocycles. The number of fused-ring (bicyclic) bond motifs is 2. The van der Waals surface area contributed by atoms with Crippen molar-refractivity contribution in [3.8, 4) is 0 Å². The molecule has 0 N–H and O–H groups in total. The molecule has 0 aromatic heterocycles. The van der Waals surface area contributed by atoms with Gasteiger partial charge in [0.2, 0.25) is 0 Å². The first kappa shape index (κ1) is 12.2. The molecule has 18 heavy (non-hydrogen) atoms. The summed E-state index contributed by atoms with van der Waals surface area (Å²) >= 11 is 3.44. The zero-order chi connectivity index (χ0) is 12.7. The third-order valence-corrected chi connectivity index (χ3v) is 4.61. The number of hydrogen-bond donors (Lipinski definition) is 0. The van der Waals surface area contributed by atoms with E-state index in [0.29, 0.717) is 30.7 Å². The molecule has 1 aromatic carbocycles. The number of nitrogens with zero attached hydrogens (tertiary/aromatic N) is 1. The molecule has 0 amide bonds. The van der Waals surface area contributed by atoms with Crippen LogP contribution in [0.25, 0.3) is 0 Å². The molecule has 2 saturated heterocycles. The van der Waals surface area contributed by atoms with Gasteiger partial charge in [0.25, 0.3) is 0 Å². The molecule has 0 spiro atoms. The van der Waals surface area contributed by atoms with Gasteiger partial charge in [0.1, 0.15) is 11.6 Å². The fourth-order valence-electron chi connectivity index (χ4n) is 3.26. The number of hydrogen-bond acceptors (Lipinski definition) is 2. The van der Waals surface area contributed by atoms with E-state index in [4.69, 9.17) is 0 Å². The van der Waals surface area contributed by atoms with Gasteiger partial charge in [0.15, 0.2) is 0 Å². The SMILES string of the molecule is O=C1CC2CCCC(C1)N2c1ccc(F)cc1Br.